The van der Waals surface area contributed by atoms with Gasteiger partial charge in [0.1, 0.15) is 6.17 Å². The summed E-state index contributed by atoms with van der Waals surface area (Å²) in [5, 5.41) is 13.7. The number of rotatable bonds is 10. The molecule has 14 nitrogen and oxygen atoms in total. The number of carbonyl (C=O) groups excluding carboxylic acids is 3. The molecule has 68 heavy (non-hydrogen) atoms. The zero-order chi connectivity index (χ0) is 46.9. The minimum absolute atomic E-state index is 0.144. The molecule has 5 aromatic rings. The third-order valence-corrected chi connectivity index (χ3v) is 15.9. The van der Waals surface area contributed by atoms with E-state index in [1.54, 1.807) is 13.2 Å². The first kappa shape index (κ1) is 44.7. The third kappa shape index (κ3) is 8.44. The fourth-order valence-corrected chi connectivity index (χ4v) is 11.8. The van der Waals surface area contributed by atoms with Gasteiger partial charge in [-0.25, -0.2) is 22.7 Å². The van der Waals surface area contributed by atoms with Crippen molar-refractivity contribution in [2.45, 2.75) is 94.4 Å². The molecule has 1 spiro atoms. The van der Waals surface area contributed by atoms with Crippen molar-refractivity contribution in [3.63, 3.8) is 0 Å². The number of likely N-dealkylation sites (tertiary alicyclic amines) is 2. The van der Waals surface area contributed by atoms with Crippen LogP contribution in [-0.4, -0.2) is 124 Å². The number of pyridine rings is 1. The monoisotopic (exact) mass is 949 g/mol. The number of carbonyl (C=O) groups is 3. The van der Waals surface area contributed by atoms with E-state index < -0.39 is 36.0 Å². The molecule has 2 unspecified atom stereocenters. The molecule has 2 aromatic carbocycles. The van der Waals surface area contributed by atoms with Crippen LogP contribution >= 0.6 is 11.6 Å². The summed E-state index contributed by atoms with van der Waals surface area (Å²) >= 11 is 6.70. The average molecular weight is 951 g/mol. The SMILES string of the molecule is CNc1cc(N2CCc3c(-c4ccc(CN5CCC(N6CCC7(CCN(c8ccc(C9CCC(=O)NC9=O)c(Cl)c8)CC7)CC6)C(F)(F)C5)cn4)cccc32)nn2c(C(=O)N[C@@H]3C[C@@H]3F)cnc12. The highest BCUT2D eigenvalue weighted by Gasteiger charge is 2.50. The topological polar surface area (TPSA) is 143 Å². The fourth-order valence-electron chi connectivity index (χ4n) is 11.4. The first-order chi connectivity index (χ1) is 32.8. The first-order valence-electron chi connectivity index (χ1n) is 23.9. The zero-order valence-electron chi connectivity index (χ0n) is 38.0. The number of nitrogens with zero attached hydrogens (tertiary/aromatic N) is 8. The molecule has 4 saturated heterocycles. The van der Waals surface area contributed by atoms with Crippen LogP contribution in [0, 0.1) is 5.41 Å². The maximum absolute atomic E-state index is 16.1. The number of hydrogen-bond acceptors (Lipinski definition) is 11. The molecule has 8 heterocycles. The van der Waals surface area contributed by atoms with E-state index in [0.717, 1.165) is 84.5 Å². The van der Waals surface area contributed by atoms with Gasteiger partial charge in [-0.3, -0.25) is 34.5 Å². The van der Waals surface area contributed by atoms with Crippen LogP contribution in [0.3, 0.4) is 0 Å². The van der Waals surface area contributed by atoms with Crippen molar-refractivity contribution in [1.29, 1.82) is 0 Å². The van der Waals surface area contributed by atoms with Crippen molar-refractivity contribution in [2.24, 2.45) is 5.41 Å². The van der Waals surface area contributed by atoms with E-state index >= 15 is 8.78 Å². The molecule has 18 heteroatoms. The highest BCUT2D eigenvalue weighted by molar-refractivity contribution is 6.32. The molecule has 4 atom stereocenters. The van der Waals surface area contributed by atoms with Crippen LogP contribution in [0.15, 0.2) is 67.0 Å². The number of imide groups is 1. The molecule has 1 aliphatic carbocycles. The Hall–Kier alpha value is -5.78. The summed E-state index contributed by atoms with van der Waals surface area (Å²) in [7, 11) is 1.79. The summed E-state index contributed by atoms with van der Waals surface area (Å²) in [6.07, 6.45) is 8.26. The zero-order valence-corrected chi connectivity index (χ0v) is 38.8. The maximum Gasteiger partial charge on any atom is 0.275 e. The van der Waals surface area contributed by atoms with Gasteiger partial charge >= 0.3 is 0 Å². The molecule has 0 bridgehead atoms. The Balaban J connectivity index is 0.688. The van der Waals surface area contributed by atoms with E-state index in [1.807, 2.05) is 53.4 Å². The van der Waals surface area contributed by atoms with Crippen LogP contribution in [0.4, 0.5) is 36.1 Å². The molecular weight excluding hydrogens is 895 g/mol. The predicted octanol–water partition coefficient (Wildman–Crippen LogP) is 7.13. The lowest BCUT2D eigenvalue weighted by molar-refractivity contribution is -0.138. The van der Waals surface area contributed by atoms with Crippen LogP contribution in [0.1, 0.15) is 84.5 Å². The van der Waals surface area contributed by atoms with Crippen molar-refractivity contribution in [3.8, 4) is 11.3 Å². The van der Waals surface area contributed by atoms with Gasteiger partial charge in [0, 0.05) is 86.8 Å². The summed E-state index contributed by atoms with van der Waals surface area (Å²) in [6, 6.07) is 16.6. The van der Waals surface area contributed by atoms with Gasteiger partial charge in [-0.1, -0.05) is 35.9 Å². The quantitative estimate of drug-likeness (QED) is 0.123. The van der Waals surface area contributed by atoms with Gasteiger partial charge in [0.15, 0.2) is 17.2 Å². The number of piperidine rings is 4. The molecule has 3 amide bonds. The standard InChI is InChI=1S/C50H55ClF3N11O3/c1-55-40-25-44(60-65-42(27-57-46(40)65)48(68)58-39-24-37(39)52)64-18-11-34-33(3-2-4-41(34)64)38-9-5-30(26-56-38)28-61-17-12-43(50(53,54)29-61)63-21-15-49(16-22-63)13-19-62(20-14-49)31-6-7-32(36(51)23-31)35-8-10-45(66)59-47(35)67/h2-7,9,23,25-27,35,37,39,43,55H,8,10-22,24,28-29H2,1H3,(H,58,68)(H,59,66,67)/t35?,37-,39+,43?/m0/s1. The molecule has 5 fully saturated rings. The number of hydrogen-bond donors (Lipinski definition) is 3. The minimum atomic E-state index is -2.84. The number of fused-ring (bicyclic) bond motifs is 2. The van der Waals surface area contributed by atoms with Crippen LogP contribution in [-0.2, 0) is 22.6 Å². The normalized spacial score (nSPS) is 24.8. The Kier molecular flexibility index (Phi) is 11.6. The fraction of sp³-hybridized carbons (Fsp3) is 0.480. The number of halogens is 4. The first-order valence-corrected chi connectivity index (χ1v) is 24.3. The van der Waals surface area contributed by atoms with Gasteiger partial charge in [0.05, 0.1) is 42.1 Å². The Morgan fingerprint density at radius 3 is 2.43 bits per heavy atom. The lowest BCUT2D eigenvalue weighted by Crippen LogP contribution is -2.60. The van der Waals surface area contributed by atoms with Gasteiger partial charge in [-0.05, 0) is 104 Å². The predicted molar refractivity (Wildman–Crippen MR) is 254 cm³/mol. The van der Waals surface area contributed by atoms with E-state index in [1.165, 1.54) is 10.7 Å². The molecule has 5 aliphatic heterocycles. The lowest BCUT2D eigenvalue weighted by atomic mass is 9.70. The number of benzene rings is 2. The second kappa shape index (κ2) is 17.6. The number of nitrogens with one attached hydrogen (secondary N) is 3. The number of aromatic nitrogens is 4. The van der Waals surface area contributed by atoms with E-state index in [0.29, 0.717) is 80.6 Å². The number of alkyl halides is 3. The van der Waals surface area contributed by atoms with Crippen molar-refractivity contribution in [3.05, 3.63) is 94.4 Å². The Morgan fingerprint density at radius 1 is 0.926 bits per heavy atom. The minimum Gasteiger partial charge on any atom is -0.385 e. The summed E-state index contributed by atoms with van der Waals surface area (Å²) in [5.41, 5.74) is 8.09. The molecule has 3 aromatic heterocycles. The van der Waals surface area contributed by atoms with Crippen LogP contribution in [0.25, 0.3) is 16.9 Å². The molecule has 0 radical (unpaired) electrons. The van der Waals surface area contributed by atoms with E-state index in [2.05, 4.69) is 41.7 Å². The van der Waals surface area contributed by atoms with Crippen molar-refractivity contribution in [2.75, 3.05) is 68.0 Å². The highest BCUT2D eigenvalue weighted by Crippen LogP contribution is 2.46. The average Bonchev–Trinajstić information content (AvgIpc) is 3.64. The third-order valence-electron chi connectivity index (χ3n) is 15.5. The molecule has 1 saturated carbocycles. The second-order valence-electron chi connectivity index (χ2n) is 19.6. The van der Waals surface area contributed by atoms with Crippen molar-refractivity contribution < 1.29 is 27.6 Å². The summed E-state index contributed by atoms with van der Waals surface area (Å²) in [6.45, 7) is 4.42. The highest BCUT2D eigenvalue weighted by atomic mass is 35.5. The Labute approximate surface area is 397 Å². The van der Waals surface area contributed by atoms with Crippen LogP contribution < -0.4 is 25.8 Å². The summed E-state index contributed by atoms with van der Waals surface area (Å²) in [4.78, 5) is 54.8. The van der Waals surface area contributed by atoms with Crippen LogP contribution in [0.2, 0.25) is 5.02 Å². The lowest BCUT2D eigenvalue weighted by Gasteiger charge is -2.51. The van der Waals surface area contributed by atoms with Crippen molar-refractivity contribution >= 4 is 57.8 Å². The molecular formula is C50H55ClF3N11O3. The smallest absolute Gasteiger partial charge is 0.275 e. The van der Waals surface area contributed by atoms with Gasteiger partial charge in [0.25, 0.3) is 11.8 Å². The Bertz CT molecular complexity index is 2770. The molecule has 6 aliphatic rings. The maximum atomic E-state index is 16.1. The van der Waals surface area contributed by atoms with Crippen molar-refractivity contribution in [1.82, 2.24) is 40.0 Å². The Morgan fingerprint density at radius 2 is 1.72 bits per heavy atom. The largest absolute Gasteiger partial charge is 0.385 e. The number of imidazole rings is 1. The second-order valence-corrected chi connectivity index (χ2v) is 20.0. The van der Waals surface area contributed by atoms with E-state index in [4.69, 9.17) is 21.7 Å². The summed E-state index contributed by atoms with van der Waals surface area (Å²) < 4.78 is 47.3. The van der Waals surface area contributed by atoms with Crippen LogP contribution in [0.5, 0.6) is 0 Å². The van der Waals surface area contributed by atoms with E-state index in [-0.39, 0.29) is 29.5 Å². The number of anilines is 4. The number of amides is 3. The molecule has 11 rings (SSSR count). The van der Waals surface area contributed by atoms with Gasteiger partial charge in [0.2, 0.25) is 11.8 Å². The summed E-state index contributed by atoms with van der Waals surface area (Å²) in [5.74, 6) is -3.61. The van der Waals surface area contributed by atoms with Gasteiger partial charge in [-0.2, -0.15) is 0 Å². The molecule has 356 valence electrons. The molecule has 3 N–H and O–H groups in total. The van der Waals surface area contributed by atoms with Gasteiger partial charge in [-0.15, -0.1) is 5.10 Å². The van der Waals surface area contributed by atoms with E-state index in [9.17, 15) is 18.8 Å². The van der Waals surface area contributed by atoms with Gasteiger partial charge < -0.3 is 20.4 Å².